The topological polar surface area (TPSA) is 18.5 Å². The molecule has 0 N–H and O–H groups in total. The van der Waals surface area contributed by atoms with Gasteiger partial charge in [-0.05, 0) is 42.8 Å². The van der Waals surface area contributed by atoms with Crippen LogP contribution >= 0.6 is 15.9 Å². The lowest BCUT2D eigenvalue weighted by molar-refractivity contribution is 0.265. The Morgan fingerprint density at radius 1 is 1.00 bits per heavy atom. The monoisotopic (exact) mass is 356 g/mol. The van der Waals surface area contributed by atoms with E-state index in [2.05, 4.69) is 15.9 Å². The van der Waals surface area contributed by atoms with Gasteiger partial charge < -0.3 is 9.47 Å². The van der Waals surface area contributed by atoms with Crippen molar-refractivity contribution in [1.82, 2.24) is 0 Å². The third-order valence-electron chi connectivity index (χ3n) is 2.85. The van der Waals surface area contributed by atoms with E-state index >= 15 is 0 Å². The summed E-state index contributed by atoms with van der Waals surface area (Å²) >= 11 is 3.37. The van der Waals surface area contributed by atoms with Crippen LogP contribution < -0.4 is 9.47 Å². The van der Waals surface area contributed by atoms with Crippen molar-refractivity contribution in [1.29, 1.82) is 0 Å². The lowest BCUT2D eigenvalue weighted by atomic mass is 10.2. The van der Waals surface area contributed by atoms with E-state index in [0.717, 1.165) is 23.8 Å². The Labute approximate surface area is 130 Å². The largest absolute Gasteiger partial charge is 0.490 e. The smallest absolute Gasteiger partial charge is 0.161 e. The maximum absolute atomic E-state index is 13.6. The Hall–Kier alpha value is -1.62. The highest BCUT2D eigenvalue weighted by Crippen LogP contribution is 2.30. The van der Waals surface area contributed by atoms with Gasteiger partial charge in [-0.3, -0.25) is 0 Å². The second-order valence-electron chi connectivity index (χ2n) is 4.37. The van der Waals surface area contributed by atoms with Crippen molar-refractivity contribution in [2.24, 2.45) is 0 Å². The van der Waals surface area contributed by atoms with Gasteiger partial charge in [-0.25, -0.2) is 8.78 Å². The molecule has 0 bridgehead atoms. The molecule has 2 rings (SSSR count). The molecule has 0 radical (unpaired) electrons. The van der Waals surface area contributed by atoms with Gasteiger partial charge in [0.1, 0.15) is 18.2 Å². The third-order valence-corrected chi connectivity index (χ3v) is 3.50. The molecule has 2 aromatic carbocycles. The van der Waals surface area contributed by atoms with Gasteiger partial charge in [-0.2, -0.15) is 0 Å². The summed E-state index contributed by atoms with van der Waals surface area (Å²) in [7, 11) is 0. The summed E-state index contributed by atoms with van der Waals surface area (Å²) in [6, 6.07) is 8.80. The van der Waals surface area contributed by atoms with Gasteiger partial charge in [0.25, 0.3) is 0 Å². The number of hydrogen-bond donors (Lipinski definition) is 0. The summed E-state index contributed by atoms with van der Waals surface area (Å²) in [6.45, 7) is 2.31. The summed E-state index contributed by atoms with van der Waals surface area (Å²) in [5.41, 5.74) is 1.21. The Kier molecular flexibility index (Phi) is 5.56. The maximum Gasteiger partial charge on any atom is 0.161 e. The second-order valence-corrected chi connectivity index (χ2v) is 4.93. The predicted molar refractivity (Wildman–Crippen MR) is 80.9 cm³/mol. The van der Waals surface area contributed by atoms with Crippen molar-refractivity contribution in [2.75, 3.05) is 6.61 Å². The second kappa shape index (κ2) is 7.41. The summed E-state index contributed by atoms with van der Waals surface area (Å²) in [4.78, 5) is 0. The van der Waals surface area contributed by atoms with Gasteiger partial charge in [-0.1, -0.05) is 22.0 Å². The van der Waals surface area contributed by atoms with Crippen LogP contribution in [0.1, 0.15) is 18.1 Å². The Morgan fingerprint density at radius 2 is 1.81 bits per heavy atom. The summed E-state index contributed by atoms with van der Waals surface area (Å²) in [5, 5.41) is 0.700. The molecule has 2 nitrogen and oxygen atoms in total. The lowest BCUT2D eigenvalue weighted by Gasteiger charge is -2.13. The van der Waals surface area contributed by atoms with Crippen molar-refractivity contribution in [3.8, 4) is 11.5 Å². The van der Waals surface area contributed by atoms with E-state index in [4.69, 9.17) is 9.47 Å². The molecule has 0 aliphatic heterocycles. The average molecular weight is 357 g/mol. The van der Waals surface area contributed by atoms with Crippen LogP contribution in [0, 0.1) is 11.6 Å². The molecule has 112 valence electrons. The van der Waals surface area contributed by atoms with Crippen molar-refractivity contribution >= 4 is 15.9 Å². The quantitative estimate of drug-likeness (QED) is 0.689. The number of benzene rings is 2. The van der Waals surface area contributed by atoms with Crippen LogP contribution in [-0.2, 0) is 11.9 Å². The van der Waals surface area contributed by atoms with E-state index in [1.807, 2.05) is 19.1 Å². The third kappa shape index (κ3) is 4.17. The molecule has 21 heavy (non-hydrogen) atoms. The molecule has 0 aliphatic rings. The van der Waals surface area contributed by atoms with Crippen LogP contribution in [0.2, 0.25) is 0 Å². The minimum atomic E-state index is -0.494. The van der Waals surface area contributed by atoms with Crippen LogP contribution in [0.25, 0.3) is 0 Å². The number of alkyl halides is 1. The van der Waals surface area contributed by atoms with Gasteiger partial charge in [0.15, 0.2) is 11.5 Å². The van der Waals surface area contributed by atoms with E-state index in [1.165, 1.54) is 0 Å². The molecule has 0 unspecified atom stereocenters. The normalized spacial score (nSPS) is 10.5. The zero-order valence-electron chi connectivity index (χ0n) is 11.5. The molecule has 2 aromatic rings. The van der Waals surface area contributed by atoms with E-state index < -0.39 is 11.6 Å². The molecule has 0 amide bonds. The molecular formula is C16H15BrF2O2. The molecule has 0 aliphatic carbocycles. The number of halogens is 3. The first-order valence-corrected chi connectivity index (χ1v) is 7.64. The Bertz CT molecular complexity index is 617. The highest BCUT2D eigenvalue weighted by Gasteiger charge is 2.09. The molecule has 0 heterocycles. The standard InChI is InChI=1S/C16H15BrF2O2/c1-2-20-16-7-11(9-17)3-6-15(16)21-10-12-8-13(18)4-5-14(12)19/h3-8H,2,9-10H2,1H3. The molecule has 0 saturated heterocycles. The van der Waals surface area contributed by atoms with E-state index in [-0.39, 0.29) is 12.2 Å². The molecule has 0 saturated carbocycles. The van der Waals surface area contributed by atoms with E-state index in [0.29, 0.717) is 23.4 Å². The maximum atomic E-state index is 13.6. The highest BCUT2D eigenvalue weighted by molar-refractivity contribution is 9.08. The number of ether oxygens (including phenoxy) is 2. The van der Waals surface area contributed by atoms with Crippen molar-refractivity contribution < 1.29 is 18.3 Å². The number of rotatable bonds is 6. The minimum Gasteiger partial charge on any atom is -0.490 e. The molecule has 0 aromatic heterocycles. The first-order valence-electron chi connectivity index (χ1n) is 6.52. The van der Waals surface area contributed by atoms with Gasteiger partial charge in [0, 0.05) is 10.9 Å². The fourth-order valence-electron chi connectivity index (χ4n) is 1.83. The fraction of sp³-hybridized carbons (Fsp3) is 0.250. The Balaban J connectivity index is 2.17. The van der Waals surface area contributed by atoms with Crippen molar-refractivity contribution in [3.05, 3.63) is 59.2 Å². The van der Waals surface area contributed by atoms with E-state index in [9.17, 15) is 8.78 Å². The van der Waals surface area contributed by atoms with Crippen molar-refractivity contribution in [2.45, 2.75) is 18.9 Å². The summed E-state index contributed by atoms with van der Waals surface area (Å²) < 4.78 is 37.7. The van der Waals surface area contributed by atoms with Crippen LogP contribution in [-0.4, -0.2) is 6.61 Å². The highest BCUT2D eigenvalue weighted by atomic mass is 79.9. The summed E-state index contributed by atoms with van der Waals surface area (Å²) in [6.07, 6.45) is 0. The van der Waals surface area contributed by atoms with Crippen LogP contribution in [0.15, 0.2) is 36.4 Å². The van der Waals surface area contributed by atoms with Gasteiger partial charge in [0.05, 0.1) is 6.61 Å². The Morgan fingerprint density at radius 3 is 2.52 bits per heavy atom. The summed E-state index contributed by atoms with van der Waals surface area (Å²) in [5.74, 6) is 0.109. The zero-order valence-corrected chi connectivity index (χ0v) is 13.1. The number of hydrogen-bond acceptors (Lipinski definition) is 2. The van der Waals surface area contributed by atoms with Gasteiger partial charge in [-0.15, -0.1) is 0 Å². The molecule has 0 fully saturated rings. The first-order chi connectivity index (χ1) is 10.1. The van der Waals surface area contributed by atoms with Crippen molar-refractivity contribution in [3.63, 3.8) is 0 Å². The first kappa shape index (κ1) is 15.8. The van der Waals surface area contributed by atoms with Crippen LogP contribution in [0.3, 0.4) is 0 Å². The SMILES string of the molecule is CCOc1cc(CBr)ccc1OCc1cc(F)ccc1F. The molecular weight excluding hydrogens is 342 g/mol. The zero-order chi connectivity index (χ0) is 15.2. The average Bonchev–Trinajstić information content (AvgIpc) is 2.49. The fourth-order valence-corrected chi connectivity index (χ4v) is 2.18. The van der Waals surface area contributed by atoms with Crippen LogP contribution in [0.5, 0.6) is 11.5 Å². The lowest BCUT2D eigenvalue weighted by Crippen LogP contribution is -2.02. The van der Waals surface area contributed by atoms with Gasteiger partial charge in [0.2, 0.25) is 0 Å². The van der Waals surface area contributed by atoms with Gasteiger partial charge >= 0.3 is 0 Å². The minimum absolute atomic E-state index is 0.0582. The predicted octanol–water partition coefficient (Wildman–Crippen LogP) is 4.84. The van der Waals surface area contributed by atoms with E-state index in [1.54, 1.807) is 6.07 Å². The van der Waals surface area contributed by atoms with Crippen LogP contribution in [0.4, 0.5) is 8.78 Å². The molecule has 0 atom stereocenters. The molecule has 5 heteroatoms. The molecule has 0 spiro atoms.